The molecule has 29 heavy (non-hydrogen) atoms. The normalized spacial score (nSPS) is 11.4. The first-order valence-electron chi connectivity index (χ1n) is 8.08. The minimum Gasteiger partial charge on any atom is -0.490 e. The van der Waals surface area contributed by atoms with E-state index in [1.165, 1.54) is 31.1 Å². The number of thioether (sulfide) groups is 1. The van der Waals surface area contributed by atoms with Crippen molar-refractivity contribution in [3.63, 3.8) is 0 Å². The van der Waals surface area contributed by atoms with Gasteiger partial charge in [0.05, 0.1) is 18.9 Å². The zero-order chi connectivity index (χ0) is 21.0. The molecule has 1 heterocycles. The topological polar surface area (TPSA) is 44.2 Å². The van der Waals surface area contributed by atoms with Gasteiger partial charge in [0.25, 0.3) is 5.88 Å². The summed E-state index contributed by atoms with van der Waals surface area (Å²) < 4.78 is 49.5. The zero-order valence-electron chi connectivity index (χ0n) is 14.8. The van der Waals surface area contributed by atoms with Crippen molar-refractivity contribution in [3.05, 3.63) is 69.8 Å². The van der Waals surface area contributed by atoms with Crippen molar-refractivity contribution in [2.75, 3.05) is 7.11 Å². The fourth-order valence-corrected chi connectivity index (χ4v) is 3.56. The van der Waals surface area contributed by atoms with Crippen LogP contribution in [0.4, 0.5) is 13.2 Å². The molecule has 0 bridgehead atoms. The van der Waals surface area contributed by atoms with Gasteiger partial charge in [-0.25, -0.2) is 4.98 Å². The van der Waals surface area contributed by atoms with Crippen LogP contribution in [0.2, 0.25) is 10.0 Å². The van der Waals surface area contributed by atoms with Crippen molar-refractivity contribution in [3.8, 4) is 17.4 Å². The zero-order valence-corrected chi connectivity index (χ0v) is 17.2. The number of hydrogen-bond acceptors (Lipinski definition) is 5. The summed E-state index contributed by atoms with van der Waals surface area (Å²) in [5.74, 6) is 1.02. The van der Waals surface area contributed by atoms with Crippen LogP contribution < -0.4 is 9.47 Å². The second kappa shape index (κ2) is 9.11. The molecule has 4 nitrogen and oxygen atoms in total. The molecular weight excluding hydrogens is 448 g/mol. The monoisotopic (exact) mass is 460 g/mol. The number of benzene rings is 2. The van der Waals surface area contributed by atoms with Gasteiger partial charge in [0.1, 0.15) is 5.75 Å². The first-order valence-corrected chi connectivity index (χ1v) is 9.82. The summed E-state index contributed by atoms with van der Waals surface area (Å²) in [6.45, 7) is 0. The lowest BCUT2D eigenvalue weighted by molar-refractivity contribution is -0.137. The Morgan fingerprint density at radius 1 is 1.07 bits per heavy atom. The minimum atomic E-state index is -4.39. The predicted molar refractivity (Wildman–Crippen MR) is 106 cm³/mol. The van der Waals surface area contributed by atoms with Crippen LogP contribution in [0.15, 0.2) is 53.8 Å². The van der Waals surface area contributed by atoms with Crippen molar-refractivity contribution >= 4 is 35.0 Å². The molecule has 10 heteroatoms. The number of nitrogens with zero attached hydrogens (tertiary/aromatic N) is 2. The molecule has 152 valence electrons. The molecule has 0 aliphatic heterocycles. The van der Waals surface area contributed by atoms with Gasteiger partial charge in [-0.2, -0.15) is 18.2 Å². The third-order valence-electron chi connectivity index (χ3n) is 3.59. The average molecular weight is 461 g/mol. The molecule has 0 radical (unpaired) electrons. The van der Waals surface area contributed by atoms with Crippen molar-refractivity contribution in [1.29, 1.82) is 0 Å². The highest BCUT2D eigenvalue weighted by molar-refractivity contribution is 7.98. The van der Waals surface area contributed by atoms with Gasteiger partial charge in [-0.15, -0.1) is 0 Å². The van der Waals surface area contributed by atoms with Gasteiger partial charge in [-0.1, -0.05) is 53.2 Å². The first kappa shape index (κ1) is 21.5. The highest BCUT2D eigenvalue weighted by atomic mass is 35.5. The number of halogens is 5. The summed E-state index contributed by atoms with van der Waals surface area (Å²) in [4.78, 5) is 8.43. The molecule has 3 rings (SSSR count). The number of alkyl halides is 3. The molecule has 0 aliphatic carbocycles. The van der Waals surface area contributed by atoms with Crippen LogP contribution >= 0.6 is 35.0 Å². The molecule has 1 aromatic heterocycles. The van der Waals surface area contributed by atoms with Crippen LogP contribution in [0.25, 0.3) is 0 Å². The number of methoxy groups -OCH3 is 1. The summed E-state index contributed by atoms with van der Waals surface area (Å²) in [7, 11) is 1.44. The Morgan fingerprint density at radius 2 is 1.79 bits per heavy atom. The largest absolute Gasteiger partial charge is 0.490 e. The standard InChI is InChI=1S/C19H13Cl2F3N2O2S/c1-27-16-9-25-18(26-17(16)28-15-7-13(20)6-14(21)8-15)29-10-11-3-2-4-12(5-11)19(22,23)24/h2-9H,10H2,1H3. The van der Waals surface area contributed by atoms with E-state index in [9.17, 15) is 13.2 Å². The van der Waals surface area contributed by atoms with Crippen LogP contribution in [0, 0.1) is 0 Å². The van der Waals surface area contributed by atoms with E-state index in [-0.39, 0.29) is 17.4 Å². The third-order valence-corrected chi connectivity index (χ3v) is 4.96. The molecule has 0 saturated heterocycles. The lowest BCUT2D eigenvalue weighted by atomic mass is 10.1. The highest BCUT2D eigenvalue weighted by Gasteiger charge is 2.30. The molecule has 3 aromatic rings. The molecule has 0 aliphatic rings. The second-order valence-corrected chi connectivity index (χ2v) is 7.54. The van der Waals surface area contributed by atoms with Gasteiger partial charge in [-0.05, 0) is 29.8 Å². The van der Waals surface area contributed by atoms with Gasteiger partial charge in [0.2, 0.25) is 0 Å². The van der Waals surface area contributed by atoms with Crippen molar-refractivity contribution < 1.29 is 22.6 Å². The molecule has 0 saturated carbocycles. The highest BCUT2D eigenvalue weighted by Crippen LogP contribution is 2.34. The third kappa shape index (κ3) is 5.91. The van der Waals surface area contributed by atoms with Gasteiger partial charge in [0, 0.05) is 15.8 Å². The van der Waals surface area contributed by atoms with E-state index in [0.29, 0.717) is 26.5 Å². The van der Waals surface area contributed by atoms with Gasteiger partial charge in [0.15, 0.2) is 10.9 Å². The van der Waals surface area contributed by atoms with E-state index in [0.717, 1.165) is 12.1 Å². The molecule has 0 N–H and O–H groups in total. The van der Waals surface area contributed by atoms with Crippen LogP contribution in [0.3, 0.4) is 0 Å². The number of aromatic nitrogens is 2. The van der Waals surface area contributed by atoms with E-state index in [4.69, 9.17) is 32.7 Å². The van der Waals surface area contributed by atoms with Crippen LogP contribution in [-0.2, 0) is 11.9 Å². The molecule has 0 fully saturated rings. The van der Waals surface area contributed by atoms with Gasteiger partial charge in [-0.3, -0.25) is 0 Å². The van der Waals surface area contributed by atoms with Crippen LogP contribution in [0.5, 0.6) is 17.4 Å². The molecule has 2 aromatic carbocycles. The lowest BCUT2D eigenvalue weighted by Gasteiger charge is -2.11. The van der Waals surface area contributed by atoms with Crippen LogP contribution in [-0.4, -0.2) is 17.1 Å². The van der Waals surface area contributed by atoms with Gasteiger partial charge >= 0.3 is 6.18 Å². The summed E-state index contributed by atoms with van der Waals surface area (Å²) in [6.07, 6.45) is -2.97. The molecule has 0 spiro atoms. The van der Waals surface area contributed by atoms with E-state index in [1.807, 2.05) is 0 Å². The van der Waals surface area contributed by atoms with Crippen molar-refractivity contribution in [2.24, 2.45) is 0 Å². The number of hydrogen-bond donors (Lipinski definition) is 0. The molecule has 0 amide bonds. The Bertz CT molecular complexity index is 999. The molecule has 0 atom stereocenters. The smallest absolute Gasteiger partial charge is 0.416 e. The predicted octanol–water partition coefficient (Wildman–Crippen LogP) is 6.90. The Balaban J connectivity index is 1.78. The Hall–Kier alpha value is -2.16. The van der Waals surface area contributed by atoms with E-state index in [2.05, 4.69) is 9.97 Å². The minimum absolute atomic E-state index is 0.132. The summed E-state index contributed by atoms with van der Waals surface area (Å²) in [6, 6.07) is 9.78. The Morgan fingerprint density at radius 3 is 2.45 bits per heavy atom. The number of ether oxygens (including phenoxy) is 2. The van der Waals surface area contributed by atoms with Crippen molar-refractivity contribution in [2.45, 2.75) is 17.1 Å². The Kier molecular flexibility index (Phi) is 6.77. The van der Waals surface area contributed by atoms with Crippen molar-refractivity contribution in [1.82, 2.24) is 9.97 Å². The lowest BCUT2D eigenvalue weighted by Crippen LogP contribution is -2.05. The van der Waals surface area contributed by atoms with Crippen LogP contribution in [0.1, 0.15) is 11.1 Å². The molecular formula is C19H13Cl2F3N2O2S. The summed E-state index contributed by atoms with van der Waals surface area (Å²) >= 11 is 13.1. The summed E-state index contributed by atoms with van der Waals surface area (Å²) in [5.41, 5.74) is -0.207. The average Bonchev–Trinajstić information content (AvgIpc) is 2.65. The Labute approximate surface area is 179 Å². The van der Waals surface area contributed by atoms with E-state index < -0.39 is 11.7 Å². The molecule has 0 unspecified atom stereocenters. The SMILES string of the molecule is COc1cnc(SCc2cccc(C(F)(F)F)c2)nc1Oc1cc(Cl)cc(Cl)c1. The maximum absolute atomic E-state index is 12.9. The summed E-state index contributed by atoms with van der Waals surface area (Å²) in [5, 5.41) is 1.09. The fourth-order valence-electron chi connectivity index (χ4n) is 2.31. The van der Waals surface area contributed by atoms with E-state index in [1.54, 1.807) is 24.3 Å². The second-order valence-electron chi connectivity index (χ2n) is 5.72. The van der Waals surface area contributed by atoms with Gasteiger partial charge < -0.3 is 9.47 Å². The fraction of sp³-hybridized carbons (Fsp3) is 0.158. The van der Waals surface area contributed by atoms with E-state index >= 15 is 0 Å². The number of rotatable bonds is 6. The maximum atomic E-state index is 12.9. The quantitative estimate of drug-likeness (QED) is 0.295. The maximum Gasteiger partial charge on any atom is 0.416 e. The first-order chi connectivity index (χ1) is 13.7.